The number of hydrogen-bond acceptors (Lipinski definition) is 3. The van der Waals surface area contributed by atoms with E-state index in [4.69, 9.17) is 4.74 Å². The van der Waals surface area contributed by atoms with Gasteiger partial charge in [-0.2, -0.15) is 0 Å². The average Bonchev–Trinajstić information content (AvgIpc) is 2.28. The van der Waals surface area contributed by atoms with Gasteiger partial charge in [0.1, 0.15) is 0 Å². The fraction of sp³-hybridized carbons (Fsp3) is 0.538. The van der Waals surface area contributed by atoms with E-state index >= 15 is 0 Å². The molecule has 1 N–H and O–H groups in total. The maximum atomic E-state index is 13.6. The minimum atomic E-state index is -0.325. The van der Waals surface area contributed by atoms with Crippen molar-refractivity contribution >= 4 is 11.4 Å². The predicted octanol–water partition coefficient (Wildman–Crippen LogP) is 2.86. The molecular weight excluding hydrogens is 219 g/mol. The number of fused-ring (bicyclic) bond motifs is 1. The molecule has 17 heavy (non-hydrogen) atoms. The fourth-order valence-electron chi connectivity index (χ4n) is 2.40. The third-order valence-electron chi connectivity index (χ3n) is 3.32. The Morgan fingerprint density at radius 3 is 2.76 bits per heavy atom. The van der Waals surface area contributed by atoms with Crippen LogP contribution in [0.25, 0.3) is 0 Å². The minimum absolute atomic E-state index is 0.0184. The molecule has 1 aromatic rings. The maximum Gasteiger partial charge on any atom is 0.167 e. The van der Waals surface area contributed by atoms with Crippen molar-refractivity contribution in [1.82, 2.24) is 0 Å². The molecule has 0 saturated heterocycles. The lowest BCUT2D eigenvalue weighted by Gasteiger charge is -2.45. The van der Waals surface area contributed by atoms with Crippen molar-refractivity contribution < 1.29 is 9.13 Å². The number of likely N-dealkylation sites (N-methyl/N-ethyl adjacent to an activating group) is 1. The van der Waals surface area contributed by atoms with Crippen LogP contribution in [0.15, 0.2) is 12.1 Å². The Morgan fingerprint density at radius 2 is 2.18 bits per heavy atom. The van der Waals surface area contributed by atoms with Crippen LogP contribution in [0.5, 0.6) is 5.75 Å². The van der Waals surface area contributed by atoms with E-state index < -0.39 is 0 Å². The van der Waals surface area contributed by atoms with Crippen LogP contribution in [0.4, 0.5) is 15.8 Å². The molecule has 0 amide bonds. The van der Waals surface area contributed by atoms with Gasteiger partial charge in [-0.3, -0.25) is 0 Å². The van der Waals surface area contributed by atoms with Gasteiger partial charge in [-0.1, -0.05) is 0 Å². The van der Waals surface area contributed by atoms with E-state index in [1.807, 2.05) is 0 Å². The number of nitrogens with one attached hydrogen (secondary N) is 1. The van der Waals surface area contributed by atoms with E-state index in [0.29, 0.717) is 5.75 Å². The summed E-state index contributed by atoms with van der Waals surface area (Å²) in [7, 11) is 1.49. The van der Waals surface area contributed by atoms with Crippen molar-refractivity contribution in [3.05, 3.63) is 17.9 Å². The number of anilines is 2. The highest BCUT2D eigenvalue weighted by Gasteiger charge is 2.32. The maximum absolute atomic E-state index is 13.6. The number of halogens is 1. The molecule has 0 spiro atoms. The minimum Gasteiger partial charge on any atom is -0.494 e. The van der Waals surface area contributed by atoms with Crippen LogP contribution in [0.2, 0.25) is 0 Å². The molecule has 94 valence electrons. The van der Waals surface area contributed by atoms with Crippen molar-refractivity contribution in [2.45, 2.75) is 26.3 Å². The second-order valence-electron chi connectivity index (χ2n) is 4.91. The highest BCUT2D eigenvalue weighted by Crippen LogP contribution is 2.39. The molecule has 3 nitrogen and oxygen atoms in total. The summed E-state index contributed by atoms with van der Waals surface area (Å²) in [6, 6.07) is 3.27. The van der Waals surface area contributed by atoms with E-state index in [2.05, 4.69) is 31.0 Å². The molecule has 0 unspecified atom stereocenters. The fourth-order valence-corrected chi connectivity index (χ4v) is 2.40. The zero-order chi connectivity index (χ0) is 12.6. The molecule has 0 bridgehead atoms. The summed E-state index contributed by atoms with van der Waals surface area (Å²) in [5.74, 6) is -0.0313. The number of hydrogen-bond donors (Lipinski definition) is 1. The number of nitrogens with zero attached hydrogens (tertiary/aromatic N) is 1. The molecule has 0 aliphatic carbocycles. The van der Waals surface area contributed by atoms with E-state index in [0.717, 1.165) is 24.5 Å². The zero-order valence-electron chi connectivity index (χ0n) is 10.8. The molecule has 0 saturated carbocycles. The van der Waals surface area contributed by atoms with Gasteiger partial charge in [0.2, 0.25) is 0 Å². The number of rotatable bonds is 2. The monoisotopic (exact) mass is 238 g/mol. The van der Waals surface area contributed by atoms with Gasteiger partial charge in [0, 0.05) is 25.2 Å². The molecule has 0 radical (unpaired) electrons. The van der Waals surface area contributed by atoms with Crippen LogP contribution in [0.1, 0.15) is 20.8 Å². The van der Waals surface area contributed by atoms with Gasteiger partial charge in [-0.25, -0.2) is 4.39 Å². The van der Waals surface area contributed by atoms with Crippen LogP contribution in [0, 0.1) is 5.82 Å². The van der Waals surface area contributed by atoms with Crippen molar-refractivity contribution in [3.63, 3.8) is 0 Å². The van der Waals surface area contributed by atoms with Crippen molar-refractivity contribution in [3.8, 4) is 5.75 Å². The summed E-state index contributed by atoms with van der Waals surface area (Å²) in [6.45, 7) is 8.13. The van der Waals surface area contributed by atoms with Crippen LogP contribution < -0.4 is 15.0 Å². The molecule has 1 heterocycles. The molecule has 0 fully saturated rings. The average molecular weight is 238 g/mol. The Morgan fingerprint density at radius 1 is 1.47 bits per heavy atom. The normalized spacial score (nSPS) is 17.4. The van der Waals surface area contributed by atoms with Gasteiger partial charge in [0.25, 0.3) is 0 Å². The van der Waals surface area contributed by atoms with Crippen molar-refractivity contribution in [2.24, 2.45) is 0 Å². The summed E-state index contributed by atoms with van der Waals surface area (Å²) in [5, 5.41) is 3.27. The topological polar surface area (TPSA) is 24.5 Å². The molecule has 2 rings (SSSR count). The van der Waals surface area contributed by atoms with Gasteiger partial charge in [-0.05, 0) is 20.8 Å². The number of ether oxygens (including phenoxy) is 1. The molecule has 0 aromatic heterocycles. The summed E-state index contributed by atoms with van der Waals surface area (Å²) < 4.78 is 18.7. The molecule has 0 atom stereocenters. The first-order valence-corrected chi connectivity index (χ1v) is 5.88. The highest BCUT2D eigenvalue weighted by atomic mass is 19.1. The third kappa shape index (κ3) is 1.92. The van der Waals surface area contributed by atoms with E-state index in [-0.39, 0.29) is 11.4 Å². The second-order valence-corrected chi connectivity index (χ2v) is 4.91. The van der Waals surface area contributed by atoms with Gasteiger partial charge in [0.05, 0.1) is 24.0 Å². The summed E-state index contributed by atoms with van der Waals surface area (Å²) in [6.07, 6.45) is 0. The smallest absolute Gasteiger partial charge is 0.167 e. The van der Waals surface area contributed by atoms with Gasteiger partial charge in [-0.15, -0.1) is 0 Å². The van der Waals surface area contributed by atoms with Crippen LogP contribution >= 0.6 is 0 Å². The van der Waals surface area contributed by atoms with Crippen LogP contribution in [0.3, 0.4) is 0 Å². The lowest BCUT2D eigenvalue weighted by atomic mass is 9.97. The van der Waals surface area contributed by atoms with Crippen molar-refractivity contribution in [2.75, 3.05) is 30.4 Å². The van der Waals surface area contributed by atoms with Gasteiger partial charge >= 0.3 is 0 Å². The number of methoxy groups -OCH3 is 1. The Bertz CT molecular complexity index is 432. The van der Waals surface area contributed by atoms with E-state index in [1.165, 1.54) is 13.2 Å². The molecular formula is C13H19FN2O. The third-order valence-corrected chi connectivity index (χ3v) is 3.32. The number of benzene rings is 1. The summed E-state index contributed by atoms with van der Waals surface area (Å²) >= 11 is 0. The molecule has 1 aliphatic rings. The second kappa shape index (κ2) is 4.09. The Balaban J connectivity index is 2.52. The lowest BCUT2D eigenvalue weighted by Crippen LogP contribution is -2.52. The van der Waals surface area contributed by atoms with Gasteiger partial charge in [0.15, 0.2) is 11.6 Å². The summed E-state index contributed by atoms with van der Waals surface area (Å²) in [5.41, 5.74) is 1.86. The SMILES string of the molecule is CCN1c2cc(OC)c(F)cc2NCC1(C)C. The zero-order valence-corrected chi connectivity index (χ0v) is 10.8. The quantitative estimate of drug-likeness (QED) is 0.857. The Hall–Kier alpha value is -1.45. The van der Waals surface area contributed by atoms with E-state index in [9.17, 15) is 4.39 Å². The molecule has 4 heteroatoms. The molecule has 1 aromatic carbocycles. The largest absolute Gasteiger partial charge is 0.494 e. The first kappa shape index (κ1) is 12.0. The first-order chi connectivity index (χ1) is 7.99. The lowest BCUT2D eigenvalue weighted by molar-refractivity contribution is 0.385. The Labute approximate surface area is 102 Å². The van der Waals surface area contributed by atoms with Gasteiger partial charge < -0.3 is 15.0 Å². The summed E-state index contributed by atoms with van der Waals surface area (Å²) in [4.78, 5) is 2.26. The van der Waals surface area contributed by atoms with Crippen LogP contribution in [-0.4, -0.2) is 25.7 Å². The Kier molecular flexibility index (Phi) is 2.89. The predicted molar refractivity (Wildman–Crippen MR) is 68.5 cm³/mol. The highest BCUT2D eigenvalue weighted by molar-refractivity contribution is 5.75. The standard InChI is InChI=1S/C13H19FN2O/c1-5-16-11-7-12(17-4)9(14)6-10(11)15-8-13(16,2)3/h6-7,15H,5,8H2,1-4H3. The van der Waals surface area contributed by atoms with Crippen LogP contribution in [-0.2, 0) is 0 Å². The van der Waals surface area contributed by atoms with Crippen molar-refractivity contribution in [1.29, 1.82) is 0 Å². The molecule has 1 aliphatic heterocycles. The van der Waals surface area contributed by atoms with E-state index in [1.54, 1.807) is 6.07 Å². The first-order valence-electron chi connectivity index (χ1n) is 5.88.